The van der Waals surface area contributed by atoms with Crippen molar-refractivity contribution < 1.29 is 62.1 Å². The van der Waals surface area contributed by atoms with Gasteiger partial charge in [-0.15, -0.1) is 16.3 Å². The molecule has 2 aliphatic rings. The van der Waals surface area contributed by atoms with Gasteiger partial charge in [0.2, 0.25) is 17.5 Å². The minimum Gasteiger partial charge on any atom is -0.450 e. The maximum Gasteiger partial charge on any atom is 0.437 e. The molecule has 26 heteroatoms. The van der Waals surface area contributed by atoms with Gasteiger partial charge in [0, 0.05) is 38.4 Å². The van der Waals surface area contributed by atoms with E-state index >= 15 is 0 Å². The topological polar surface area (TPSA) is 298 Å². The smallest absolute Gasteiger partial charge is 0.437 e. The summed E-state index contributed by atoms with van der Waals surface area (Å²) in [7, 11) is 1.57. The lowest BCUT2D eigenvalue weighted by Gasteiger charge is -2.36. The summed E-state index contributed by atoms with van der Waals surface area (Å²) in [5.41, 5.74) is -3.67. The number of oxime groups is 1. The second kappa shape index (κ2) is 25.3. The Kier molecular flexibility index (Phi) is 19.3. The quantitative estimate of drug-likeness (QED) is 0.0145. The third-order valence-corrected chi connectivity index (χ3v) is 11.8. The van der Waals surface area contributed by atoms with Crippen molar-refractivity contribution >= 4 is 70.3 Å². The Hall–Kier alpha value is -8.16. The summed E-state index contributed by atoms with van der Waals surface area (Å²) in [6.07, 6.45) is -1.98. The fourth-order valence-electron chi connectivity index (χ4n) is 7.42. The van der Waals surface area contributed by atoms with E-state index in [4.69, 9.17) is 28.5 Å². The summed E-state index contributed by atoms with van der Waals surface area (Å²) in [6.45, 7) is 20.3. The predicted molar refractivity (Wildman–Crippen MR) is 293 cm³/mol. The summed E-state index contributed by atoms with van der Waals surface area (Å²) in [4.78, 5) is 112. The van der Waals surface area contributed by atoms with Crippen LogP contribution in [0.2, 0.25) is 0 Å². The molecule has 2 aromatic heterocycles. The number of carbonyl (C=O) groups is 7. The molecule has 3 heterocycles. The first-order valence-corrected chi connectivity index (χ1v) is 26.8. The number of hydrogen-bond acceptors (Lipinski definition) is 18. The number of benzene rings is 2. The van der Waals surface area contributed by atoms with Crippen molar-refractivity contribution in [3.05, 3.63) is 94.8 Å². The third kappa shape index (κ3) is 18.5. The summed E-state index contributed by atoms with van der Waals surface area (Å²) in [5, 5.41) is 25.3. The van der Waals surface area contributed by atoms with Gasteiger partial charge >= 0.3 is 30.3 Å². The molecule has 4 aromatic rings. The maximum absolute atomic E-state index is 14.3. The normalized spacial score (nSPS) is 16.2. The summed E-state index contributed by atoms with van der Waals surface area (Å²) in [5.74, 6) is -2.31. The highest BCUT2D eigenvalue weighted by Crippen LogP contribution is 2.43. The van der Waals surface area contributed by atoms with Crippen LogP contribution in [0.4, 0.5) is 24.3 Å². The van der Waals surface area contributed by atoms with Gasteiger partial charge in [-0.25, -0.2) is 33.9 Å². The number of ether oxygens (including phenoxy) is 5. The SMILES string of the molecule is CN(Cc1cnn(C[C@H]2NC(=O)[C@H]2NC(=O)C(=NOC2(C(=O)OC(c3ccccc3)c3ccccc3)CC2)c2csc(NC(=O)OC(C)(C)C)n2)n1)/C(=N/C(=O)OC(C)(C)C)N(CCCNC(=O)OC(C)(C)C)C(=O)OC(C)(C)C. The third-order valence-electron chi connectivity index (χ3n) is 11.0. The summed E-state index contributed by atoms with van der Waals surface area (Å²) < 4.78 is 28.1. The summed E-state index contributed by atoms with van der Waals surface area (Å²) >= 11 is 0.967. The first-order chi connectivity index (χ1) is 37.4. The molecular formula is C54H72N12O13S. The van der Waals surface area contributed by atoms with Gasteiger partial charge in [0.05, 0.1) is 25.3 Å². The van der Waals surface area contributed by atoms with Gasteiger partial charge in [-0.1, -0.05) is 65.8 Å². The number of aromatic nitrogens is 4. The Labute approximate surface area is 468 Å². The van der Waals surface area contributed by atoms with E-state index in [0.717, 1.165) is 27.4 Å². The Bertz CT molecular complexity index is 2880. The van der Waals surface area contributed by atoms with Crippen molar-refractivity contribution in [1.29, 1.82) is 0 Å². The minimum atomic E-state index is -1.55. The van der Waals surface area contributed by atoms with Gasteiger partial charge in [-0.05, 0) is 101 Å². The first-order valence-electron chi connectivity index (χ1n) is 25.9. The van der Waals surface area contributed by atoms with Crippen LogP contribution in [-0.2, 0) is 56.0 Å². The van der Waals surface area contributed by atoms with Crippen LogP contribution in [0.25, 0.3) is 0 Å². The average Bonchev–Trinajstić information content (AvgIpc) is 3.82. The van der Waals surface area contributed by atoms with Crippen LogP contribution in [0.1, 0.15) is 131 Å². The molecule has 2 aromatic carbocycles. The van der Waals surface area contributed by atoms with Crippen molar-refractivity contribution in [1.82, 2.24) is 45.7 Å². The number of guanidine groups is 1. The zero-order valence-corrected chi connectivity index (χ0v) is 48.2. The number of thiazole rings is 1. The Morgan fingerprint density at radius 3 is 1.98 bits per heavy atom. The van der Waals surface area contributed by atoms with Crippen LogP contribution in [0.3, 0.4) is 0 Å². The molecule has 0 unspecified atom stereocenters. The van der Waals surface area contributed by atoms with E-state index in [1.165, 1.54) is 21.3 Å². The van der Waals surface area contributed by atoms with Crippen molar-refractivity contribution in [3.63, 3.8) is 0 Å². The van der Waals surface area contributed by atoms with E-state index in [-0.39, 0.29) is 62.2 Å². The predicted octanol–water partition coefficient (Wildman–Crippen LogP) is 7.23. The number of carbonyl (C=O) groups excluding carboxylic acids is 7. The number of anilines is 1. The highest BCUT2D eigenvalue weighted by atomic mass is 32.1. The number of aliphatic imine (C=N–C) groups is 1. The number of β-lactam (4-membered cyclic amide) rings is 1. The first kappa shape index (κ1) is 61.1. The number of rotatable bonds is 18. The molecule has 1 saturated carbocycles. The minimum absolute atomic E-state index is 0.0451. The maximum atomic E-state index is 14.3. The van der Waals surface area contributed by atoms with Crippen LogP contribution in [0, 0.1) is 0 Å². The van der Waals surface area contributed by atoms with Gasteiger partial charge in [-0.2, -0.15) is 15.0 Å². The molecule has 6 rings (SSSR count). The molecular weight excluding hydrogens is 1060 g/mol. The van der Waals surface area contributed by atoms with Crippen LogP contribution < -0.4 is 21.3 Å². The second-order valence-corrected chi connectivity index (χ2v) is 23.8. The molecule has 432 valence electrons. The van der Waals surface area contributed by atoms with Crippen LogP contribution in [0.5, 0.6) is 0 Å². The Morgan fingerprint density at radius 1 is 0.825 bits per heavy atom. The molecule has 6 amide bonds. The van der Waals surface area contributed by atoms with E-state index in [1.807, 2.05) is 60.7 Å². The fraction of sp³-hybridized carbons (Fsp3) is 0.519. The van der Waals surface area contributed by atoms with Crippen molar-refractivity contribution in [2.75, 3.05) is 25.5 Å². The van der Waals surface area contributed by atoms with Crippen molar-refractivity contribution in [2.45, 2.75) is 162 Å². The van der Waals surface area contributed by atoms with E-state index in [2.05, 4.69) is 46.6 Å². The number of hydrogen-bond donors (Lipinski definition) is 4. The molecule has 2 fully saturated rings. The highest BCUT2D eigenvalue weighted by Gasteiger charge is 2.57. The number of amides is 6. The standard InChI is InChI=1S/C54H72N12O13S/c1-50(2,3)75-46(70)55-27-20-28-65(49(73)78-53(10,11)12)45(61-48(72)77-52(7,8)9)64(13)30-35-29-56-66(62-35)31-36-38(41(67)57-36)59-42(68)39(37-32-80-44(58-37)60-47(71)76-51(4,5)6)63-79-54(25-26-54)43(69)74-40(33-21-16-14-17-22-33)34-23-18-15-19-24-34/h14-19,21-24,29,32,36,38,40H,20,25-28,30-31H2,1-13H3,(H,55,70)(H,57,67)(H,59,68)(H,58,60,71)/b61-45-,63-39?/t36-,38+/m1/s1. The Balaban J connectivity index is 1.19. The lowest BCUT2D eigenvalue weighted by Crippen LogP contribution is -2.70. The number of nitrogens with one attached hydrogen (secondary N) is 4. The molecule has 1 saturated heterocycles. The van der Waals surface area contributed by atoms with Gasteiger partial charge in [0.25, 0.3) is 5.91 Å². The van der Waals surface area contributed by atoms with Gasteiger partial charge in [0.15, 0.2) is 16.9 Å². The zero-order chi connectivity index (χ0) is 58.8. The lowest BCUT2D eigenvalue weighted by molar-refractivity contribution is -0.164. The fourth-order valence-corrected chi connectivity index (χ4v) is 8.10. The van der Waals surface area contributed by atoms with Crippen LogP contribution in [-0.4, -0.2) is 144 Å². The molecule has 2 atom stereocenters. The van der Waals surface area contributed by atoms with Gasteiger partial charge < -0.3 is 49.4 Å². The molecule has 0 spiro atoms. The van der Waals surface area contributed by atoms with Gasteiger partial charge in [-0.3, -0.25) is 14.9 Å². The molecule has 25 nitrogen and oxygen atoms in total. The molecule has 80 heavy (non-hydrogen) atoms. The molecule has 1 aliphatic heterocycles. The van der Waals surface area contributed by atoms with E-state index in [0.29, 0.717) is 5.69 Å². The molecule has 0 bridgehead atoms. The number of nitrogens with zero attached hydrogens (tertiary/aromatic N) is 8. The van der Waals surface area contributed by atoms with E-state index in [9.17, 15) is 33.6 Å². The zero-order valence-electron chi connectivity index (χ0n) is 47.4. The number of esters is 1. The number of alkyl carbamates (subject to hydrolysis) is 1. The van der Waals surface area contributed by atoms with E-state index in [1.54, 1.807) is 90.1 Å². The largest absolute Gasteiger partial charge is 0.450 e. The van der Waals surface area contributed by atoms with E-state index < -0.39 is 94.1 Å². The molecule has 1 aliphatic carbocycles. The molecule has 0 radical (unpaired) electrons. The highest BCUT2D eigenvalue weighted by molar-refractivity contribution is 7.14. The lowest BCUT2D eigenvalue weighted by atomic mass is 9.98. The molecule has 4 N–H and O–H groups in total. The monoisotopic (exact) mass is 1130 g/mol. The van der Waals surface area contributed by atoms with Crippen molar-refractivity contribution in [2.24, 2.45) is 10.1 Å². The average molecular weight is 1130 g/mol. The van der Waals surface area contributed by atoms with Crippen LogP contribution in [0.15, 0.2) is 82.4 Å². The Morgan fingerprint density at radius 2 is 1.41 bits per heavy atom. The second-order valence-electron chi connectivity index (χ2n) is 22.9. The van der Waals surface area contributed by atoms with Crippen LogP contribution >= 0.6 is 11.3 Å². The van der Waals surface area contributed by atoms with Gasteiger partial charge in [0.1, 0.15) is 39.8 Å². The summed E-state index contributed by atoms with van der Waals surface area (Å²) in [6, 6.07) is 16.5. The van der Waals surface area contributed by atoms with Crippen molar-refractivity contribution in [3.8, 4) is 0 Å².